The topological polar surface area (TPSA) is 45.2 Å². The van der Waals surface area contributed by atoms with Crippen molar-refractivity contribution in [2.75, 3.05) is 19.6 Å². The van der Waals surface area contributed by atoms with Gasteiger partial charge < -0.3 is 10.2 Å². The van der Waals surface area contributed by atoms with Crippen LogP contribution in [0.15, 0.2) is 18.5 Å². The lowest BCUT2D eigenvalue weighted by atomic mass is 10.1. The second-order valence-corrected chi connectivity index (χ2v) is 5.75. The van der Waals surface area contributed by atoms with Gasteiger partial charge in [0.25, 0.3) is 5.91 Å². The Morgan fingerprint density at radius 2 is 2.40 bits per heavy atom. The van der Waals surface area contributed by atoms with Gasteiger partial charge in [-0.3, -0.25) is 9.78 Å². The Morgan fingerprint density at radius 3 is 3.00 bits per heavy atom. The van der Waals surface area contributed by atoms with Gasteiger partial charge in [-0.05, 0) is 31.4 Å². The summed E-state index contributed by atoms with van der Waals surface area (Å²) in [6.07, 6.45) is 4.75. The molecule has 20 heavy (non-hydrogen) atoms. The van der Waals surface area contributed by atoms with Crippen LogP contribution < -0.4 is 5.32 Å². The van der Waals surface area contributed by atoms with Gasteiger partial charge in [-0.25, -0.2) is 4.39 Å². The minimum atomic E-state index is -0.550. The number of carbonyl (C=O) groups excluding carboxylic acids is 1. The van der Waals surface area contributed by atoms with Crippen molar-refractivity contribution in [1.82, 2.24) is 15.2 Å². The molecule has 5 heteroatoms. The van der Waals surface area contributed by atoms with E-state index in [-0.39, 0.29) is 11.5 Å². The predicted molar refractivity (Wildman–Crippen MR) is 76.0 cm³/mol. The van der Waals surface area contributed by atoms with Crippen molar-refractivity contribution in [1.29, 1.82) is 0 Å². The quantitative estimate of drug-likeness (QED) is 0.897. The maximum atomic E-state index is 13.7. The van der Waals surface area contributed by atoms with Crippen LogP contribution in [0.2, 0.25) is 0 Å². The van der Waals surface area contributed by atoms with E-state index < -0.39 is 5.82 Å². The molecule has 2 heterocycles. The van der Waals surface area contributed by atoms with Gasteiger partial charge in [-0.1, -0.05) is 13.8 Å². The van der Waals surface area contributed by atoms with Gasteiger partial charge in [0.2, 0.25) is 0 Å². The Hall–Kier alpha value is -1.49. The molecule has 1 atom stereocenters. The summed E-state index contributed by atoms with van der Waals surface area (Å²) in [5.41, 5.74) is 0.110. The van der Waals surface area contributed by atoms with Crippen molar-refractivity contribution in [2.24, 2.45) is 5.92 Å². The first-order chi connectivity index (χ1) is 9.58. The van der Waals surface area contributed by atoms with Crippen molar-refractivity contribution in [3.8, 4) is 0 Å². The van der Waals surface area contributed by atoms with E-state index in [4.69, 9.17) is 0 Å². The highest BCUT2D eigenvalue weighted by molar-refractivity contribution is 5.94. The van der Waals surface area contributed by atoms with Crippen LogP contribution in [0.25, 0.3) is 0 Å². The molecule has 1 saturated heterocycles. The first kappa shape index (κ1) is 14.9. The molecule has 0 bridgehead atoms. The molecule has 1 aromatic heterocycles. The smallest absolute Gasteiger partial charge is 0.257 e. The number of hydrogen-bond acceptors (Lipinski definition) is 3. The Labute approximate surface area is 119 Å². The van der Waals surface area contributed by atoms with Gasteiger partial charge in [-0.15, -0.1) is 0 Å². The molecule has 1 amide bonds. The number of carbonyl (C=O) groups is 1. The van der Waals surface area contributed by atoms with Crippen LogP contribution in [0.5, 0.6) is 0 Å². The van der Waals surface area contributed by atoms with Crippen molar-refractivity contribution >= 4 is 5.91 Å². The van der Waals surface area contributed by atoms with E-state index in [1.165, 1.54) is 12.3 Å². The third-order valence-corrected chi connectivity index (χ3v) is 3.48. The summed E-state index contributed by atoms with van der Waals surface area (Å²) in [4.78, 5) is 18.0. The van der Waals surface area contributed by atoms with Crippen LogP contribution in [0.1, 0.15) is 37.0 Å². The number of amides is 1. The van der Waals surface area contributed by atoms with Gasteiger partial charge in [-0.2, -0.15) is 0 Å². The zero-order valence-corrected chi connectivity index (χ0v) is 12.1. The molecule has 110 valence electrons. The number of pyridine rings is 1. The second-order valence-electron chi connectivity index (χ2n) is 5.75. The SMILES string of the molecule is CC(C)CN(CC1CCCN1)C(=O)c1ccncc1F. The standard InChI is InChI=1S/C15H22FN3O/c1-11(2)9-19(10-12-4-3-6-18-12)15(20)13-5-7-17-8-14(13)16/h5,7-8,11-12,18H,3-4,6,9-10H2,1-2H3. The molecule has 2 rings (SSSR count). The first-order valence-electron chi connectivity index (χ1n) is 7.20. The molecule has 1 fully saturated rings. The van der Waals surface area contributed by atoms with E-state index >= 15 is 0 Å². The summed E-state index contributed by atoms with van der Waals surface area (Å²) in [6.45, 7) is 6.39. The van der Waals surface area contributed by atoms with Crippen LogP contribution >= 0.6 is 0 Å². The normalized spacial score (nSPS) is 18.5. The Morgan fingerprint density at radius 1 is 1.60 bits per heavy atom. The number of nitrogens with one attached hydrogen (secondary N) is 1. The third kappa shape index (κ3) is 3.76. The molecule has 4 nitrogen and oxygen atoms in total. The van der Waals surface area contributed by atoms with E-state index in [2.05, 4.69) is 24.1 Å². The third-order valence-electron chi connectivity index (χ3n) is 3.48. The van der Waals surface area contributed by atoms with Crippen molar-refractivity contribution < 1.29 is 9.18 Å². The molecule has 0 saturated carbocycles. The molecular weight excluding hydrogens is 257 g/mol. The zero-order valence-electron chi connectivity index (χ0n) is 12.1. The van der Waals surface area contributed by atoms with Gasteiger partial charge in [0.15, 0.2) is 5.82 Å². The largest absolute Gasteiger partial charge is 0.337 e. The number of rotatable bonds is 5. The van der Waals surface area contributed by atoms with E-state index in [0.717, 1.165) is 25.6 Å². The van der Waals surface area contributed by atoms with Gasteiger partial charge in [0, 0.05) is 25.3 Å². The molecule has 1 N–H and O–H groups in total. The van der Waals surface area contributed by atoms with Crippen LogP contribution in [-0.4, -0.2) is 41.5 Å². The number of aromatic nitrogens is 1. The summed E-state index contributed by atoms with van der Waals surface area (Å²) in [5, 5.41) is 3.38. The van der Waals surface area contributed by atoms with Crippen LogP contribution in [-0.2, 0) is 0 Å². The van der Waals surface area contributed by atoms with Crippen LogP contribution in [0, 0.1) is 11.7 Å². The number of nitrogens with zero attached hydrogens (tertiary/aromatic N) is 2. The maximum absolute atomic E-state index is 13.7. The first-order valence-corrected chi connectivity index (χ1v) is 7.20. The maximum Gasteiger partial charge on any atom is 0.257 e. The van der Waals surface area contributed by atoms with Crippen LogP contribution in [0.4, 0.5) is 4.39 Å². The summed E-state index contributed by atoms with van der Waals surface area (Å²) in [5.74, 6) is -0.441. The highest BCUT2D eigenvalue weighted by Crippen LogP contribution is 2.14. The Kier molecular flexibility index (Phi) is 5.06. The highest BCUT2D eigenvalue weighted by atomic mass is 19.1. The van der Waals surface area contributed by atoms with E-state index in [0.29, 0.717) is 25.0 Å². The molecule has 1 aliphatic heterocycles. The molecule has 1 unspecified atom stereocenters. The fourth-order valence-corrected chi connectivity index (χ4v) is 2.58. The molecule has 0 spiro atoms. The summed E-state index contributed by atoms with van der Waals surface area (Å²) >= 11 is 0. The lowest BCUT2D eigenvalue weighted by molar-refractivity contribution is 0.0716. The molecule has 0 aliphatic carbocycles. The van der Waals surface area contributed by atoms with Gasteiger partial charge in [0.05, 0.1) is 11.8 Å². The Bertz CT molecular complexity index is 458. The zero-order chi connectivity index (χ0) is 14.5. The lowest BCUT2D eigenvalue weighted by Crippen LogP contribution is -2.43. The predicted octanol–water partition coefficient (Wildman–Crippen LogP) is 2.07. The highest BCUT2D eigenvalue weighted by Gasteiger charge is 2.24. The number of hydrogen-bond donors (Lipinski definition) is 1. The van der Waals surface area contributed by atoms with Crippen LogP contribution in [0.3, 0.4) is 0 Å². The van der Waals surface area contributed by atoms with Crippen molar-refractivity contribution in [2.45, 2.75) is 32.7 Å². The molecular formula is C15H22FN3O. The Balaban J connectivity index is 2.12. The van der Waals surface area contributed by atoms with Gasteiger partial charge in [0.1, 0.15) is 0 Å². The fraction of sp³-hybridized carbons (Fsp3) is 0.600. The van der Waals surface area contributed by atoms with E-state index in [1.54, 1.807) is 4.90 Å². The number of halogens is 1. The minimum absolute atomic E-state index is 0.110. The van der Waals surface area contributed by atoms with Crippen molar-refractivity contribution in [3.63, 3.8) is 0 Å². The lowest BCUT2D eigenvalue weighted by Gasteiger charge is -2.27. The monoisotopic (exact) mass is 279 g/mol. The van der Waals surface area contributed by atoms with Crippen molar-refractivity contribution in [3.05, 3.63) is 29.8 Å². The minimum Gasteiger partial charge on any atom is -0.337 e. The molecule has 0 aromatic carbocycles. The fourth-order valence-electron chi connectivity index (χ4n) is 2.58. The van der Waals surface area contributed by atoms with E-state index in [9.17, 15) is 9.18 Å². The molecule has 1 aliphatic rings. The van der Waals surface area contributed by atoms with Gasteiger partial charge >= 0.3 is 0 Å². The average Bonchev–Trinajstić information content (AvgIpc) is 2.90. The summed E-state index contributed by atoms with van der Waals surface area (Å²) in [6, 6.07) is 1.77. The average molecular weight is 279 g/mol. The summed E-state index contributed by atoms with van der Waals surface area (Å²) in [7, 11) is 0. The summed E-state index contributed by atoms with van der Waals surface area (Å²) < 4.78 is 13.7. The van der Waals surface area contributed by atoms with E-state index in [1.807, 2.05) is 0 Å². The molecule has 0 radical (unpaired) electrons. The molecule has 1 aromatic rings. The second kappa shape index (κ2) is 6.79.